The van der Waals surface area contributed by atoms with Crippen molar-refractivity contribution in [1.82, 2.24) is 9.62 Å². The van der Waals surface area contributed by atoms with E-state index in [2.05, 4.69) is 5.32 Å². The van der Waals surface area contributed by atoms with Crippen LogP contribution in [0.15, 0.2) is 0 Å². The van der Waals surface area contributed by atoms with Gasteiger partial charge in [-0.3, -0.25) is 0 Å². The summed E-state index contributed by atoms with van der Waals surface area (Å²) in [6.07, 6.45) is 4.33. The molecule has 82 valence electrons. The Morgan fingerprint density at radius 3 is 2.71 bits per heavy atom. The first kappa shape index (κ1) is 10.4. The summed E-state index contributed by atoms with van der Waals surface area (Å²) in [5, 5.41) is 3.39. The summed E-state index contributed by atoms with van der Waals surface area (Å²) in [6.45, 7) is 2.38. The molecule has 2 rings (SSSR count). The molecule has 1 heterocycles. The lowest BCUT2D eigenvalue weighted by Gasteiger charge is -2.13. The number of hydrogen-bond donors (Lipinski definition) is 1. The molecule has 2 aliphatic rings. The predicted molar refractivity (Wildman–Crippen MR) is 55.6 cm³/mol. The second-order valence-electron chi connectivity index (χ2n) is 4.15. The molecule has 1 N–H and O–H groups in total. The molecule has 0 bridgehead atoms. The molecule has 0 atom stereocenters. The Balaban J connectivity index is 1.64. The molecule has 0 aromatic rings. The predicted octanol–water partition coefficient (Wildman–Crippen LogP) is 0.164. The Bertz CT molecular complexity index is 285. The van der Waals surface area contributed by atoms with E-state index in [1.807, 2.05) is 0 Å². The van der Waals surface area contributed by atoms with Crippen LogP contribution in [0.4, 0.5) is 0 Å². The number of sulfonamides is 1. The second-order valence-corrected chi connectivity index (χ2v) is 6.24. The van der Waals surface area contributed by atoms with E-state index in [9.17, 15) is 8.42 Å². The summed E-state index contributed by atoms with van der Waals surface area (Å²) in [4.78, 5) is 0. The van der Waals surface area contributed by atoms with E-state index in [-0.39, 0.29) is 0 Å². The van der Waals surface area contributed by atoms with Crippen LogP contribution in [0.3, 0.4) is 0 Å². The van der Waals surface area contributed by atoms with Crippen LogP contribution in [0, 0.1) is 0 Å². The molecule has 2 fully saturated rings. The van der Waals surface area contributed by atoms with Gasteiger partial charge in [0.1, 0.15) is 0 Å². The highest BCUT2D eigenvalue weighted by Gasteiger charge is 2.27. The normalized spacial score (nSPS) is 26.9. The quantitative estimate of drug-likeness (QED) is 0.669. The molecule has 0 unspecified atom stereocenters. The first-order chi connectivity index (χ1) is 6.68. The third-order valence-corrected chi connectivity index (χ3v) is 4.75. The van der Waals surface area contributed by atoms with Crippen molar-refractivity contribution in [3.8, 4) is 0 Å². The van der Waals surface area contributed by atoms with Crippen LogP contribution in [-0.4, -0.2) is 44.2 Å². The lowest BCUT2D eigenvalue weighted by atomic mass is 10.4. The van der Waals surface area contributed by atoms with Gasteiger partial charge in [0, 0.05) is 19.1 Å². The average Bonchev–Trinajstić information content (AvgIpc) is 2.87. The van der Waals surface area contributed by atoms with Gasteiger partial charge in [0.2, 0.25) is 10.0 Å². The van der Waals surface area contributed by atoms with Gasteiger partial charge in [-0.1, -0.05) is 0 Å². The van der Waals surface area contributed by atoms with E-state index in [1.165, 1.54) is 12.8 Å². The summed E-state index contributed by atoms with van der Waals surface area (Å²) in [6, 6.07) is 0.727. The SMILES string of the molecule is O=S1(=O)CCCN1CCCNC1CC1. The number of nitrogens with one attached hydrogen (secondary N) is 1. The number of nitrogens with zero attached hydrogens (tertiary/aromatic N) is 1. The van der Waals surface area contributed by atoms with Crippen LogP contribution in [-0.2, 0) is 10.0 Å². The molecule has 0 aromatic heterocycles. The van der Waals surface area contributed by atoms with Crippen molar-refractivity contribution < 1.29 is 8.42 Å². The molecule has 1 saturated carbocycles. The van der Waals surface area contributed by atoms with E-state index in [1.54, 1.807) is 4.31 Å². The first-order valence-corrected chi connectivity index (χ1v) is 7.00. The van der Waals surface area contributed by atoms with Gasteiger partial charge in [0.25, 0.3) is 0 Å². The topological polar surface area (TPSA) is 49.4 Å². The first-order valence-electron chi connectivity index (χ1n) is 5.40. The van der Waals surface area contributed by atoms with Crippen molar-refractivity contribution in [3.05, 3.63) is 0 Å². The van der Waals surface area contributed by atoms with E-state index < -0.39 is 10.0 Å². The number of rotatable bonds is 5. The smallest absolute Gasteiger partial charge is 0.214 e. The Hall–Kier alpha value is -0.130. The molecular weight excluding hydrogens is 200 g/mol. The highest BCUT2D eigenvalue weighted by atomic mass is 32.2. The zero-order chi connectivity index (χ0) is 10.0. The Kier molecular flexibility index (Phi) is 3.09. The zero-order valence-electron chi connectivity index (χ0n) is 8.41. The Morgan fingerprint density at radius 1 is 1.36 bits per heavy atom. The molecule has 0 amide bonds. The zero-order valence-corrected chi connectivity index (χ0v) is 9.22. The minimum absolute atomic E-state index is 0.350. The van der Waals surface area contributed by atoms with Gasteiger partial charge in [-0.15, -0.1) is 0 Å². The van der Waals surface area contributed by atoms with Crippen LogP contribution in [0.5, 0.6) is 0 Å². The fourth-order valence-corrected chi connectivity index (χ4v) is 3.36. The maximum Gasteiger partial charge on any atom is 0.214 e. The summed E-state index contributed by atoms with van der Waals surface area (Å²) in [5.41, 5.74) is 0. The van der Waals surface area contributed by atoms with Gasteiger partial charge in [-0.2, -0.15) is 0 Å². The van der Waals surface area contributed by atoms with E-state index in [0.29, 0.717) is 12.3 Å². The Morgan fingerprint density at radius 2 is 2.14 bits per heavy atom. The van der Waals surface area contributed by atoms with Crippen LogP contribution in [0.2, 0.25) is 0 Å². The summed E-state index contributed by atoms with van der Waals surface area (Å²) >= 11 is 0. The van der Waals surface area contributed by atoms with Gasteiger partial charge < -0.3 is 5.32 Å². The van der Waals surface area contributed by atoms with E-state index in [0.717, 1.165) is 32.0 Å². The highest BCUT2D eigenvalue weighted by molar-refractivity contribution is 7.89. The van der Waals surface area contributed by atoms with Crippen molar-refractivity contribution in [1.29, 1.82) is 0 Å². The fraction of sp³-hybridized carbons (Fsp3) is 1.00. The highest BCUT2D eigenvalue weighted by Crippen LogP contribution is 2.18. The summed E-state index contributed by atoms with van der Waals surface area (Å²) in [7, 11) is -2.87. The van der Waals surface area contributed by atoms with Gasteiger partial charge in [-0.05, 0) is 32.2 Å². The maximum absolute atomic E-state index is 11.4. The van der Waals surface area contributed by atoms with Crippen LogP contribution < -0.4 is 5.32 Å². The molecule has 0 radical (unpaired) electrons. The van der Waals surface area contributed by atoms with Crippen molar-refractivity contribution >= 4 is 10.0 Å². The van der Waals surface area contributed by atoms with Gasteiger partial charge in [0.15, 0.2) is 0 Å². The molecular formula is C9H18N2O2S. The Labute approximate surface area is 85.7 Å². The third-order valence-electron chi connectivity index (χ3n) is 2.80. The van der Waals surface area contributed by atoms with Crippen LogP contribution in [0.25, 0.3) is 0 Å². The van der Waals surface area contributed by atoms with Gasteiger partial charge >= 0.3 is 0 Å². The lowest BCUT2D eigenvalue weighted by molar-refractivity contribution is 0.429. The minimum atomic E-state index is -2.87. The van der Waals surface area contributed by atoms with Crippen LogP contribution in [0.1, 0.15) is 25.7 Å². The van der Waals surface area contributed by atoms with Gasteiger partial charge in [0.05, 0.1) is 5.75 Å². The standard InChI is InChI=1S/C9H18N2O2S/c12-14(13)8-2-7-11(14)6-1-5-10-9-3-4-9/h9-10H,1-8H2. The molecule has 1 aliphatic heterocycles. The van der Waals surface area contributed by atoms with Crippen molar-refractivity contribution in [3.63, 3.8) is 0 Å². The largest absolute Gasteiger partial charge is 0.314 e. The lowest BCUT2D eigenvalue weighted by Crippen LogP contribution is -2.29. The molecule has 5 heteroatoms. The monoisotopic (exact) mass is 218 g/mol. The molecule has 4 nitrogen and oxygen atoms in total. The van der Waals surface area contributed by atoms with Crippen molar-refractivity contribution in [2.45, 2.75) is 31.7 Å². The van der Waals surface area contributed by atoms with Crippen molar-refractivity contribution in [2.75, 3.05) is 25.4 Å². The fourth-order valence-electron chi connectivity index (χ4n) is 1.79. The minimum Gasteiger partial charge on any atom is -0.314 e. The van der Waals surface area contributed by atoms with Crippen molar-refractivity contribution in [2.24, 2.45) is 0 Å². The third kappa shape index (κ3) is 2.68. The number of hydrogen-bond acceptors (Lipinski definition) is 3. The summed E-state index contributed by atoms with van der Waals surface area (Å²) in [5.74, 6) is 0.350. The molecule has 0 spiro atoms. The molecule has 1 aliphatic carbocycles. The van der Waals surface area contributed by atoms with Gasteiger partial charge in [-0.25, -0.2) is 12.7 Å². The summed E-state index contributed by atoms with van der Waals surface area (Å²) < 4.78 is 24.4. The maximum atomic E-state index is 11.4. The molecule has 0 aromatic carbocycles. The average molecular weight is 218 g/mol. The second kappa shape index (κ2) is 4.16. The van der Waals surface area contributed by atoms with Crippen LogP contribution >= 0.6 is 0 Å². The van der Waals surface area contributed by atoms with E-state index >= 15 is 0 Å². The molecule has 1 saturated heterocycles. The van der Waals surface area contributed by atoms with E-state index in [4.69, 9.17) is 0 Å². The molecule has 14 heavy (non-hydrogen) atoms.